The summed E-state index contributed by atoms with van der Waals surface area (Å²) in [6.07, 6.45) is 3.54. The molecular weight excluding hydrogens is 404 g/mol. The fourth-order valence-corrected chi connectivity index (χ4v) is 4.85. The summed E-state index contributed by atoms with van der Waals surface area (Å²) in [5.74, 6) is 0.882. The average molecular weight is 429 g/mol. The molecule has 1 saturated heterocycles. The van der Waals surface area contributed by atoms with Crippen molar-refractivity contribution in [2.75, 3.05) is 0 Å². The Hall–Kier alpha value is -3.38. The summed E-state index contributed by atoms with van der Waals surface area (Å²) in [6.45, 7) is 4.93. The summed E-state index contributed by atoms with van der Waals surface area (Å²) in [7, 11) is 0. The van der Waals surface area contributed by atoms with E-state index in [0.717, 1.165) is 17.1 Å². The maximum Gasteiger partial charge on any atom is 0.170 e. The fourth-order valence-electron chi connectivity index (χ4n) is 4.55. The van der Waals surface area contributed by atoms with E-state index in [9.17, 15) is 0 Å². The quantitative estimate of drug-likeness (QED) is 0.440. The summed E-state index contributed by atoms with van der Waals surface area (Å²) in [6, 6.07) is 22.6. The van der Waals surface area contributed by atoms with Crippen LogP contribution in [0.25, 0.3) is 5.69 Å². The van der Waals surface area contributed by atoms with E-state index in [1.807, 2.05) is 36.5 Å². The number of aromatic nitrogens is 2. The molecule has 0 amide bonds. The number of hydrogen-bond donors (Lipinski definition) is 1. The van der Waals surface area contributed by atoms with Crippen molar-refractivity contribution < 1.29 is 4.42 Å². The van der Waals surface area contributed by atoms with Crippen LogP contribution in [0.1, 0.15) is 40.5 Å². The van der Waals surface area contributed by atoms with Crippen LogP contribution in [0, 0.1) is 13.8 Å². The van der Waals surface area contributed by atoms with Crippen molar-refractivity contribution in [3.05, 3.63) is 108 Å². The van der Waals surface area contributed by atoms with Crippen molar-refractivity contribution >= 4 is 17.3 Å². The largest absolute Gasteiger partial charge is 0.467 e. The van der Waals surface area contributed by atoms with E-state index in [-0.39, 0.29) is 12.1 Å². The highest BCUT2D eigenvalue weighted by atomic mass is 32.1. The molecule has 4 heterocycles. The van der Waals surface area contributed by atoms with Crippen LogP contribution in [0.15, 0.2) is 83.6 Å². The summed E-state index contributed by atoms with van der Waals surface area (Å²) in [5, 5.41) is 4.23. The first-order chi connectivity index (χ1) is 15.1. The molecule has 0 radical (unpaired) electrons. The van der Waals surface area contributed by atoms with Crippen LogP contribution in [0.2, 0.25) is 0 Å². The minimum absolute atomic E-state index is 0.00355. The number of thiocarbonyl (C=S) groups is 1. The van der Waals surface area contributed by atoms with Crippen LogP contribution in [-0.4, -0.2) is 19.6 Å². The molecule has 2 unspecified atom stereocenters. The molecule has 1 aliphatic rings. The topological polar surface area (TPSA) is 46.2 Å². The maximum atomic E-state index is 5.78. The van der Waals surface area contributed by atoms with Gasteiger partial charge in [0.25, 0.3) is 0 Å². The Labute approximate surface area is 187 Å². The summed E-state index contributed by atoms with van der Waals surface area (Å²) in [4.78, 5) is 6.85. The van der Waals surface area contributed by atoms with E-state index >= 15 is 0 Å². The number of furan rings is 1. The molecule has 31 heavy (non-hydrogen) atoms. The zero-order chi connectivity index (χ0) is 21.4. The van der Waals surface area contributed by atoms with Crippen LogP contribution in [0.3, 0.4) is 0 Å². The predicted octanol–water partition coefficient (Wildman–Crippen LogP) is 5.25. The molecule has 0 aliphatic carbocycles. The summed E-state index contributed by atoms with van der Waals surface area (Å²) >= 11 is 5.78. The second-order valence-corrected chi connectivity index (χ2v) is 8.22. The lowest BCUT2D eigenvalue weighted by molar-refractivity contribution is 0.286. The van der Waals surface area contributed by atoms with Gasteiger partial charge in [0.1, 0.15) is 5.76 Å². The second kappa shape index (κ2) is 8.04. The monoisotopic (exact) mass is 428 g/mol. The van der Waals surface area contributed by atoms with Crippen molar-refractivity contribution in [3.63, 3.8) is 0 Å². The van der Waals surface area contributed by atoms with Gasteiger partial charge in [-0.25, -0.2) is 0 Å². The number of para-hydroxylation sites is 1. The Morgan fingerprint density at radius 2 is 1.84 bits per heavy atom. The van der Waals surface area contributed by atoms with E-state index in [2.05, 4.69) is 70.0 Å². The molecule has 156 valence electrons. The number of benzene rings is 1. The van der Waals surface area contributed by atoms with Gasteiger partial charge in [-0.15, -0.1) is 0 Å². The lowest BCUT2D eigenvalue weighted by atomic mass is 9.96. The third kappa shape index (κ3) is 3.53. The molecule has 0 spiro atoms. The molecule has 0 bridgehead atoms. The van der Waals surface area contributed by atoms with Gasteiger partial charge >= 0.3 is 0 Å². The Balaban J connectivity index is 1.62. The van der Waals surface area contributed by atoms with Gasteiger partial charge < -0.3 is 19.2 Å². The normalized spacial score (nSPS) is 18.4. The second-order valence-electron chi connectivity index (χ2n) is 7.83. The fraction of sp³-hybridized carbons (Fsp3) is 0.200. The van der Waals surface area contributed by atoms with Gasteiger partial charge in [-0.05, 0) is 74.1 Å². The Morgan fingerprint density at radius 1 is 1.03 bits per heavy atom. The number of nitrogens with zero attached hydrogens (tertiary/aromatic N) is 3. The highest BCUT2D eigenvalue weighted by Crippen LogP contribution is 2.42. The minimum atomic E-state index is -0.0478. The number of pyridine rings is 1. The number of nitrogens with one attached hydrogen (secondary N) is 1. The molecule has 6 heteroatoms. The van der Waals surface area contributed by atoms with Gasteiger partial charge in [0, 0.05) is 23.3 Å². The van der Waals surface area contributed by atoms with E-state index in [1.54, 1.807) is 6.26 Å². The molecule has 5 nitrogen and oxygen atoms in total. The van der Waals surface area contributed by atoms with Crippen molar-refractivity contribution in [3.8, 4) is 5.69 Å². The van der Waals surface area contributed by atoms with Gasteiger partial charge in [0.15, 0.2) is 5.11 Å². The number of hydrogen-bond acceptors (Lipinski definition) is 3. The van der Waals surface area contributed by atoms with E-state index in [0.29, 0.717) is 11.7 Å². The van der Waals surface area contributed by atoms with E-state index in [1.165, 1.54) is 17.0 Å². The van der Waals surface area contributed by atoms with Gasteiger partial charge in [0.2, 0.25) is 0 Å². The molecule has 4 aromatic rings. The first-order valence-electron chi connectivity index (χ1n) is 10.4. The first kappa shape index (κ1) is 19.6. The van der Waals surface area contributed by atoms with Crippen LogP contribution < -0.4 is 5.32 Å². The zero-order valence-corrected chi connectivity index (χ0v) is 18.3. The molecular formula is C25H24N4OS. The van der Waals surface area contributed by atoms with Crippen LogP contribution in [0.5, 0.6) is 0 Å². The Morgan fingerprint density at radius 3 is 2.55 bits per heavy atom. The number of aryl methyl sites for hydroxylation is 1. The van der Waals surface area contributed by atoms with Gasteiger partial charge in [-0.1, -0.05) is 24.3 Å². The average Bonchev–Trinajstić information content (AvgIpc) is 3.49. The summed E-state index contributed by atoms with van der Waals surface area (Å²) < 4.78 is 7.95. The van der Waals surface area contributed by atoms with E-state index in [4.69, 9.17) is 16.6 Å². The molecule has 1 N–H and O–H groups in total. The van der Waals surface area contributed by atoms with Crippen LogP contribution in [0.4, 0.5) is 0 Å². The molecule has 2 atom stereocenters. The molecule has 5 rings (SSSR count). The highest BCUT2D eigenvalue weighted by molar-refractivity contribution is 7.80. The Bertz CT molecular complexity index is 1190. The SMILES string of the molecule is Cc1cc(C2C(c3ccccn3)NC(=S)N2Cc2ccco2)c(C)n1-c1ccccc1. The minimum Gasteiger partial charge on any atom is -0.467 e. The van der Waals surface area contributed by atoms with E-state index < -0.39 is 0 Å². The summed E-state index contributed by atoms with van der Waals surface area (Å²) in [5.41, 5.74) is 5.75. The highest BCUT2D eigenvalue weighted by Gasteiger charge is 2.41. The molecule has 1 aliphatic heterocycles. The lowest BCUT2D eigenvalue weighted by Crippen LogP contribution is -2.29. The van der Waals surface area contributed by atoms with Crippen molar-refractivity contribution in [1.82, 2.24) is 19.8 Å². The number of rotatable bonds is 5. The van der Waals surface area contributed by atoms with Crippen molar-refractivity contribution in [2.24, 2.45) is 0 Å². The molecule has 0 saturated carbocycles. The van der Waals surface area contributed by atoms with Crippen molar-refractivity contribution in [2.45, 2.75) is 32.5 Å². The molecule has 1 aromatic carbocycles. The van der Waals surface area contributed by atoms with Crippen molar-refractivity contribution in [1.29, 1.82) is 0 Å². The van der Waals surface area contributed by atoms with Crippen LogP contribution in [-0.2, 0) is 6.54 Å². The third-order valence-corrected chi connectivity index (χ3v) is 6.26. The maximum absolute atomic E-state index is 5.78. The standard InChI is InChI=1S/C25H24N4OS/c1-17-15-21(18(2)29(17)19-9-4-3-5-10-19)24-23(22-12-6-7-13-26-22)27-25(31)28(24)16-20-11-8-14-30-20/h3-15,23-24H,16H2,1-2H3,(H,27,31). The van der Waals surface area contributed by atoms with Gasteiger partial charge in [-0.3, -0.25) is 4.98 Å². The van der Waals surface area contributed by atoms with Gasteiger partial charge in [-0.2, -0.15) is 0 Å². The third-order valence-electron chi connectivity index (χ3n) is 5.91. The first-order valence-corrected chi connectivity index (χ1v) is 10.8. The zero-order valence-electron chi connectivity index (χ0n) is 17.5. The molecule has 3 aromatic heterocycles. The predicted molar refractivity (Wildman–Crippen MR) is 125 cm³/mol. The van der Waals surface area contributed by atoms with Crippen LogP contribution >= 0.6 is 12.2 Å². The van der Waals surface area contributed by atoms with Gasteiger partial charge in [0.05, 0.1) is 30.6 Å². The molecule has 1 fully saturated rings. The Kier molecular flexibility index (Phi) is 5.08. The lowest BCUT2D eigenvalue weighted by Gasteiger charge is -2.27. The smallest absolute Gasteiger partial charge is 0.170 e.